The maximum absolute atomic E-state index is 5.49. The van der Waals surface area contributed by atoms with Crippen LogP contribution in [-0.4, -0.2) is 4.98 Å². The molecule has 0 aliphatic heterocycles. The number of hydrogen-bond acceptors (Lipinski definition) is 4. The largest absolute Gasteiger partial charge is 0.443 e. The van der Waals surface area contributed by atoms with Gasteiger partial charge in [0, 0.05) is 0 Å². The summed E-state index contributed by atoms with van der Waals surface area (Å²) in [5.41, 5.74) is 13.4. The van der Waals surface area contributed by atoms with Crippen LogP contribution in [0.4, 0.5) is 0 Å². The first kappa shape index (κ1) is 7.27. The number of nitrogens with two attached hydrogens (primary N) is 2. The highest BCUT2D eigenvalue weighted by Crippen LogP contribution is 2.15. The highest BCUT2D eigenvalue weighted by Gasteiger charge is 2.02. The van der Waals surface area contributed by atoms with Crippen molar-refractivity contribution in [1.82, 2.24) is 4.98 Å². The van der Waals surface area contributed by atoms with E-state index in [-0.39, 0.29) is 0 Å². The lowest BCUT2D eigenvalue weighted by Gasteiger charge is -2.03. The molecular formula is C8H9N3O. The van der Waals surface area contributed by atoms with Gasteiger partial charge in [0.15, 0.2) is 12.0 Å². The van der Waals surface area contributed by atoms with Crippen molar-refractivity contribution < 1.29 is 4.42 Å². The second-order valence-corrected chi connectivity index (χ2v) is 2.61. The average Bonchev–Trinajstić information content (AvgIpc) is 2.49. The number of aromatic nitrogens is 1. The van der Waals surface area contributed by atoms with Crippen molar-refractivity contribution in [3.8, 4) is 0 Å². The molecule has 0 spiro atoms. The molecule has 0 fully saturated rings. The van der Waals surface area contributed by atoms with Gasteiger partial charge in [-0.05, 0) is 17.7 Å². The number of fused-ring (bicyclic) bond motifs is 1. The monoisotopic (exact) mass is 163 g/mol. The lowest BCUT2D eigenvalue weighted by Crippen LogP contribution is -2.19. The molecule has 0 saturated carbocycles. The maximum atomic E-state index is 5.49. The van der Waals surface area contributed by atoms with E-state index in [0.717, 1.165) is 11.1 Å². The number of hydrogen-bond donors (Lipinski definition) is 2. The normalized spacial score (nSPS) is 11.2. The molecule has 1 aromatic heterocycles. The molecule has 0 amide bonds. The first-order valence-electron chi connectivity index (χ1n) is 3.62. The third-order valence-corrected chi connectivity index (χ3v) is 1.74. The zero-order chi connectivity index (χ0) is 8.55. The molecule has 2 rings (SSSR count). The molecule has 62 valence electrons. The molecule has 0 radical (unpaired) electrons. The van der Waals surface area contributed by atoms with Crippen LogP contribution in [-0.2, 0) is 0 Å². The Hall–Kier alpha value is -1.39. The molecule has 2 aromatic rings. The Morgan fingerprint density at radius 1 is 1.33 bits per heavy atom. The lowest BCUT2D eigenvalue weighted by molar-refractivity contribution is 0.601. The molecular weight excluding hydrogens is 154 g/mol. The number of nitrogens with zero attached hydrogens (tertiary/aromatic N) is 1. The molecule has 4 heteroatoms. The minimum absolute atomic E-state index is 0.459. The second kappa shape index (κ2) is 2.58. The van der Waals surface area contributed by atoms with Gasteiger partial charge in [-0.25, -0.2) is 4.98 Å². The summed E-state index contributed by atoms with van der Waals surface area (Å²) in [7, 11) is 0. The quantitative estimate of drug-likeness (QED) is 0.608. The Kier molecular flexibility index (Phi) is 1.56. The van der Waals surface area contributed by atoms with Gasteiger partial charge in [-0.3, -0.25) is 0 Å². The summed E-state index contributed by atoms with van der Waals surface area (Å²) in [6.07, 6.45) is 0.940. The predicted molar refractivity (Wildman–Crippen MR) is 45.1 cm³/mol. The van der Waals surface area contributed by atoms with Crippen LogP contribution in [0.3, 0.4) is 0 Å². The third kappa shape index (κ3) is 1.07. The van der Waals surface area contributed by atoms with Gasteiger partial charge in [0.25, 0.3) is 0 Å². The van der Waals surface area contributed by atoms with Crippen LogP contribution in [0.2, 0.25) is 0 Å². The van der Waals surface area contributed by atoms with Crippen molar-refractivity contribution >= 4 is 11.1 Å². The zero-order valence-electron chi connectivity index (χ0n) is 6.40. The van der Waals surface area contributed by atoms with E-state index in [4.69, 9.17) is 15.9 Å². The van der Waals surface area contributed by atoms with E-state index in [0.29, 0.717) is 5.58 Å². The molecule has 1 heterocycles. The van der Waals surface area contributed by atoms with E-state index in [1.54, 1.807) is 6.07 Å². The van der Waals surface area contributed by atoms with Crippen molar-refractivity contribution in [3.05, 3.63) is 30.2 Å². The minimum atomic E-state index is -0.459. The number of oxazole rings is 1. The Bertz CT molecular complexity index is 394. The Morgan fingerprint density at radius 3 is 2.92 bits per heavy atom. The van der Waals surface area contributed by atoms with Gasteiger partial charge in [-0.15, -0.1) is 0 Å². The topological polar surface area (TPSA) is 78.1 Å². The fraction of sp³-hybridized carbons (Fsp3) is 0.125. The van der Waals surface area contributed by atoms with Gasteiger partial charge < -0.3 is 15.9 Å². The van der Waals surface area contributed by atoms with Gasteiger partial charge in [0.2, 0.25) is 0 Å². The summed E-state index contributed by atoms with van der Waals surface area (Å²) in [5, 5.41) is 0. The molecule has 0 aliphatic carbocycles. The van der Waals surface area contributed by atoms with Crippen LogP contribution in [0.1, 0.15) is 11.7 Å². The van der Waals surface area contributed by atoms with Crippen molar-refractivity contribution in [2.45, 2.75) is 6.17 Å². The van der Waals surface area contributed by atoms with Crippen LogP contribution in [0.25, 0.3) is 11.1 Å². The first-order chi connectivity index (χ1) is 5.77. The van der Waals surface area contributed by atoms with E-state index in [9.17, 15) is 0 Å². The average molecular weight is 163 g/mol. The van der Waals surface area contributed by atoms with Crippen LogP contribution < -0.4 is 11.5 Å². The van der Waals surface area contributed by atoms with E-state index >= 15 is 0 Å². The summed E-state index contributed by atoms with van der Waals surface area (Å²) < 4.78 is 5.09. The first-order valence-corrected chi connectivity index (χ1v) is 3.62. The van der Waals surface area contributed by atoms with Gasteiger partial charge >= 0.3 is 0 Å². The smallest absolute Gasteiger partial charge is 0.181 e. The van der Waals surface area contributed by atoms with Crippen molar-refractivity contribution in [2.75, 3.05) is 0 Å². The van der Waals surface area contributed by atoms with Crippen molar-refractivity contribution in [1.29, 1.82) is 0 Å². The summed E-state index contributed by atoms with van der Waals surface area (Å²) in [6.45, 7) is 0. The summed E-state index contributed by atoms with van der Waals surface area (Å²) >= 11 is 0. The summed E-state index contributed by atoms with van der Waals surface area (Å²) in [4.78, 5) is 3.97. The van der Waals surface area contributed by atoms with Gasteiger partial charge in [-0.1, -0.05) is 6.07 Å². The molecule has 0 unspecified atom stereocenters. The molecule has 0 bridgehead atoms. The molecule has 4 N–H and O–H groups in total. The standard InChI is InChI=1S/C8H9N3O/c9-8(10)5-1-2-6-7(3-5)12-4-11-6/h1-4,8H,9-10H2. The Balaban J connectivity index is 2.60. The highest BCUT2D eigenvalue weighted by molar-refractivity contribution is 5.72. The van der Waals surface area contributed by atoms with Crippen LogP contribution in [0.5, 0.6) is 0 Å². The Morgan fingerprint density at radius 2 is 2.17 bits per heavy atom. The Labute approximate surface area is 69.2 Å². The van der Waals surface area contributed by atoms with Crippen LogP contribution in [0, 0.1) is 0 Å². The fourth-order valence-corrected chi connectivity index (χ4v) is 1.08. The number of rotatable bonds is 1. The summed E-state index contributed by atoms with van der Waals surface area (Å²) in [5.74, 6) is 0. The SMILES string of the molecule is NC(N)c1ccc2ncoc2c1. The second-order valence-electron chi connectivity index (χ2n) is 2.61. The molecule has 1 aromatic carbocycles. The van der Waals surface area contributed by atoms with Crippen molar-refractivity contribution in [2.24, 2.45) is 11.5 Å². The molecule has 0 saturated heterocycles. The van der Waals surface area contributed by atoms with Crippen LogP contribution in [0.15, 0.2) is 29.0 Å². The van der Waals surface area contributed by atoms with Gasteiger partial charge in [0.05, 0.1) is 6.17 Å². The van der Waals surface area contributed by atoms with E-state index < -0.39 is 6.17 Å². The molecule has 12 heavy (non-hydrogen) atoms. The van der Waals surface area contributed by atoms with Crippen molar-refractivity contribution in [3.63, 3.8) is 0 Å². The number of benzene rings is 1. The highest BCUT2D eigenvalue weighted by atomic mass is 16.3. The van der Waals surface area contributed by atoms with E-state index in [1.807, 2.05) is 12.1 Å². The van der Waals surface area contributed by atoms with Gasteiger partial charge in [-0.2, -0.15) is 0 Å². The molecule has 4 nitrogen and oxygen atoms in total. The summed E-state index contributed by atoms with van der Waals surface area (Å²) in [6, 6.07) is 5.48. The zero-order valence-corrected chi connectivity index (χ0v) is 6.40. The van der Waals surface area contributed by atoms with Gasteiger partial charge in [0.1, 0.15) is 5.52 Å². The minimum Gasteiger partial charge on any atom is -0.443 e. The predicted octanol–water partition coefficient (Wildman–Crippen LogP) is 0.744. The lowest BCUT2D eigenvalue weighted by atomic mass is 10.2. The van der Waals surface area contributed by atoms with E-state index in [2.05, 4.69) is 4.98 Å². The molecule has 0 atom stereocenters. The maximum Gasteiger partial charge on any atom is 0.181 e. The molecule has 0 aliphatic rings. The fourth-order valence-electron chi connectivity index (χ4n) is 1.08. The van der Waals surface area contributed by atoms with Crippen LogP contribution >= 0.6 is 0 Å². The third-order valence-electron chi connectivity index (χ3n) is 1.74. The van der Waals surface area contributed by atoms with E-state index in [1.165, 1.54) is 6.39 Å².